The summed E-state index contributed by atoms with van der Waals surface area (Å²) in [6, 6.07) is 13.1. The first-order valence-electron chi connectivity index (χ1n) is 6.74. The molecule has 1 aromatic heterocycles. The van der Waals surface area contributed by atoms with Crippen molar-refractivity contribution in [2.45, 2.75) is 20.4 Å². The lowest BCUT2D eigenvalue weighted by Gasteiger charge is -2.10. The van der Waals surface area contributed by atoms with Crippen molar-refractivity contribution in [1.82, 2.24) is 4.57 Å². The molecule has 0 saturated heterocycles. The average molecular weight is 281 g/mol. The molecule has 0 bridgehead atoms. The van der Waals surface area contributed by atoms with E-state index in [1.165, 1.54) is 4.57 Å². The summed E-state index contributed by atoms with van der Waals surface area (Å²) in [5.74, 6) is -0.627. The first-order valence-corrected chi connectivity index (χ1v) is 6.74. The molecule has 21 heavy (non-hydrogen) atoms. The summed E-state index contributed by atoms with van der Waals surface area (Å²) in [6.45, 7) is 4.41. The molecule has 0 aliphatic heterocycles. The number of aromatic nitrogens is 1. The van der Waals surface area contributed by atoms with Gasteiger partial charge in [0.25, 0.3) is 0 Å². The van der Waals surface area contributed by atoms with Crippen molar-refractivity contribution in [3.63, 3.8) is 0 Å². The van der Waals surface area contributed by atoms with E-state index in [9.17, 15) is 9.59 Å². The molecule has 1 heterocycles. The summed E-state index contributed by atoms with van der Waals surface area (Å²) in [5, 5.41) is 0.418. The zero-order chi connectivity index (χ0) is 15.0. The van der Waals surface area contributed by atoms with Gasteiger partial charge in [-0.1, -0.05) is 41.5 Å². The van der Waals surface area contributed by atoms with Gasteiger partial charge in [0.2, 0.25) is 0 Å². The van der Waals surface area contributed by atoms with Crippen LogP contribution in [0.5, 0.6) is 0 Å². The van der Waals surface area contributed by atoms with Crippen LogP contribution in [0.4, 0.5) is 0 Å². The first-order chi connectivity index (χ1) is 10.0. The molecule has 0 N–H and O–H groups in total. The van der Waals surface area contributed by atoms with Crippen LogP contribution < -0.4 is 11.4 Å². The molecule has 2 aromatic carbocycles. The van der Waals surface area contributed by atoms with Crippen molar-refractivity contribution in [2.24, 2.45) is 0 Å². The van der Waals surface area contributed by atoms with Gasteiger partial charge in [-0.3, -0.25) is 4.57 Å². The molecule has 0 saturated carbocycles. The van der Waals surface area contributed by atoms with E-state index in [1.54, 1.807) is 24.3 Å². The third-order valence-corrected chi connectivity index (χ3v) is 3.44. The minimum Gasteiger partial charge on any atom is -0.372 e. The Morgan fingerprint density at radius 1 is 1.00 bits per heavy atom. The SMILES string of the molecule is Cc1cc(C)cc(Cn2c(=O)oc(=O)c3ccccc32)c1. The van der Waals surface area contributed by atoms with E-state index in [-0.39, 0.29) is 0 Å². The molecular weight excluding hydrogens is 266 g/mol. The van der Waals surface area contributed by atoms with Crippen molar-refractivity contribution < 1.29 is 4.42 Å². The summed E-state index contributed by atoms with van der Waals surface area (Å²) < 4.78 is 6.30. The third kappa shape index (κ3) is 2.52. The van der Waals surface area contributed by atoms with Crippen molar-refractivity contribution in [3.8, 4) is 0 Å². The predicted molar refractivity (Wildman–Crippen MR) is 81.8 cm³/mol. The highest BCUT2D eigenvalue weighted by molar-refractivity contribution is 5.77. The predicted octanol–water partition coefficient (Wildman–Crippen LogP) is 2.62. The topological polar surface area (TPSA) is 52.2 Å². The van der Waals surface area contributed by atoms with E-state index in [4.69, 9.17) is 4.42 Å². The maximum atomic E-state index is 12.0. The van der Waals surface area contributed by atoms with Gasteiger partial charge in [-0.2, -0.15) is 0 Å². The van der Waals surface area contributed by atoms with Crippen LogP contribution in [-0.4, -0.2) is 4.57 Å². The molecule has 0 atom stereocenters. The maximum Gasteiger partial charge on any atom is 0.422 e. The van der Waals surface area contributed by atoms with E-state index < -0.39 is 11.4 Å². The number of nitrogens with zero attached hydrogens (tertiary/aromatic N) is 1. The maximum absolute atomic E-state index is 12.0. The molecule has 3 aromatic rings. The summed E-state index contributed by atoms with van der Waals surface area (Å²) in [7, 11) is 0. The summed E-state index contributed by atoms with van der Waals surface area (Å²) in [4.78, 5) is 23.8. The molecule has 0 spiro atoms. The third-order valence-electron chi connectivity index (χ3n) is 3.44. The van der Waals surface area contributed by atoms with Crippen molar-refractivity contribution in [2.75, 3.05) is 0 Å². The van der Waals surface area contributed by atoms with Gasteiger partial charge in [0.15, 0.2) is 0 Å². The van der Waals surface area contributed by atoms with Crippen LogP contribution in [0.25, 0.3) is 10.9 Å². The van der Waals surface area contributed by atoms with Crippen molar-refractivity contribution in [1.29, 1.82) is 0 Å². The van der Waals surface area contributed by atoms with Crippen LogP contribution in [0.2, 0.25) is 0 Å². The number of para-hydroxylation sites is 1. The van der Waals surface area contributed by atoms with Gasteiger partial charge in [-0.25, -0.2) is 9.59 Å². The number of fused-ring (bicyclic) bond motifs is 1. The Balaban J connectivity index is 2.21. The second kappa shape index (κ2) is 5.05. The zero-order valence-corrected chi connectivity index (χ0v) is 11.9. The lowest BCUT2D eigenvalue weighted by Crippen LogP contribution is -2.25. The highest BCUT2D eigenvalue weighted by Crippen LogP contribution is 2.13. The fourth-order valence-electron chi connectivity index (χ4n) is 2.66. The van der Waals surface area contributed by atoms with Gasteiger partial charge in [0.05, 0.1) is 17.4 Å². The van der Waals surface area contributed by atoms with E-state index >= 15 is 0 Å². The molecule has 4 heteroatoms. The van der Waals surface area contributed by atoms with Crippen LogP contribution >= 0.6 is 0 Å². The largest absolute Gasteiger partial charge is 0.422 e. The van der Waals surface area contributed by atoms with Crippen LogP contribution in [0.1, 0.15) is 16.7 Å². The summed E-state index contributed by atoms with van der Waals surface area (Å²) in [5.41, 5.74) is 3.29. The van der Waals surface area contributed by atoms with Gasteiger partial charge in [0, 0.05) is 0 Å². The quantitative estimate of drug-likeness (QED) is 0.725. The van der Waals surface area contributed by atoms with E-state index in [1.807, 2.05) is 26.0 Å². The fraction of sp³-hybridized carbons (Fsp3) is 0.176. The van der Waals surface area contributed by atoms with Gasteiger partial charge in [-0.15, -0.1) is 0 Å². The summed E-state index contributed by atoms with van der Waals surface area (Å²) in [6.07, 6.45) is 0. The van der Waals surface area contributed by atoms with Crippen molar-refractivity contribution in [3.05, 3.63) is 80.1 Å². The Bertz CT molecular complexity index is 914. The lowest BCUT2D eigenvalue weighted by atomic mass is 10.1. The molecule has 0 aliphatic rings. The molecule has 0 unspecified atom stereocenters. The number of rotatable bonds is 2. The molecular formula is C17H15NO3. The Labute approximate surface area is 121 Å². The highest BCUT2D eigenvalue weighted by Gasteiger charge is 2.09. The highest BCUT2D eigenvalue weighted by atomic mass is 16.4. The van der Waals surface area contributed by atoms with Gasteiger partial charge in [0.1, 0.15) is 0 Å². The monoisotopic (exact) mass is 281 g/mol. The molecule has 0 aliphatic carbocycles. The number of aryl methyl sites for hydroxylation is 2. The van der Waals surface area contributed by atoms with E-state index in [0.717, 1.165) is 16.7 Å². The minimum absolute atomic E-state index is 0.381. The molecule has 4 nitrogen and oxygen atoms in total. The molecule has 3 rings (SSSR count). The van der Waals surface area contributed by atoms with Crippen LogP contribution in [0.3, 0.4) is 0 Å². The molecule has 0 fully saturated rings. The Morgan fingerprint density at radius 3 is 2.38 bits per heavy atom. The minimum atomic E-state index is -0.627. The molecule has 0 amide bonds. The Kier molecular flexibility index (Phi) is 3.22. The van der Waals surface area contributed by atoms with E-state index in [2.05, 4.69) is 6.07 Å². The van der Waals surface area contributed by atoms with Gasteiger partial charge < -0.3 is 4.42 Å². The van der Waals surface area contributed by atoms with Crippen molar-refractivity contribution >= 4 is 10.9 Å². The molecule has 0 radical (unpaired) electrons. The van der Waals surface area contributed by atoms with Crippen LogP contribution in [0.15, 0.2) is 56.5 Å². The second-order valence-electron chi connectivity index (χ2n) is 5.25. The number of benzene rings is 2. The average Bonchev–Trinajstić information content (AvgIpc) is 2.42. The lowest BCUT2D eigenvalue weighted by molar-refractivity contribution is 0.425. The Hall–Kier alpha value is -2.62. The van der Waals surface area contributed by atoms with Crippen LogP contribution in [-0.2, 0) is 6.54 Å². The zero-order valence-electron chi connectivity index (χ0n) is 11.9. The van der Waals surface area contributed by atoms with Gasteiger partial charge >= 0.3 is 11.4 Å². The second-order valence-corrected chi connectivity index (χ2v) is 5.25. The normalized spacial score (nSPS) is 11.0. The standard InChI is InChI=1S/C17H15NO3/c1-11-7-12(2)9-13(8-11)10-18-15-6-4-3-5-14(15)16(19)21-17(18)20/h3-9H,10H2,1-2H3. The number of hydrogen-bond acceptors (Lipinski definition) is 3. The Morgan fingerprint density at radius 2 is 1.67 bits per heavy atom. The fourth-order valence-corrected chi connectivity index (χ4v) is 2.66. The smallest absolute Gasteiger partial charge is 0.372 e. The van der Waals surface area contributed by atoms with Gasteiger partial charge in [-0.05, 0) is 31.5 Å². The van der Waals surface area contributed by atoms with E-state index in [0.29, 0.717) is 17.4 Å². The summed E-state index contributed by atoms with van der Waals surface area (Å²) >= 11 is 0. The molecule has 106 valence electrons. The van der Waals surface area contributed by atoms with Crippen LogP contribution in [0, 0.1) is 13.8 Å². The first kappa shape index (κ1) is 13.4. The number of hydrogen-bond donors (Lipinski definition) is 0.